The van der Waals surface area contributed by atoms with Crippen LogP contribution in [0.3, 0.4) is 0 Å². The number of hydrogen-bond acceptors (Lipinski definition) is 6. The largest absolute Gasteiger partial charge is 0.361 e. The Bertz CT molecular complexity index is 1050. The van der Waals surface area contributed by atoms with Crippen LogP contribution in [0.4, 0.5) is 5.82 Å². The highest BCUT2D eigenvalue weighted by Crippen LogP contribution is 2.27. The molecule has 0 saturated carbocycles. The Morgan fingerprint density at radius 3 is 2.50 bits per heavy atom. The summed E-state index contributed by atoms with van der Waals surface area (Å²) in [6.45, 7) is 4.20. The van der Waals surface area contributed by atoms with Crippen LogP contribution in [0.5, 0.6) is 0 Å². The molecule has 3 aromatic heterocycles. The molecule has 1 atom stereocenters. The molecule has 0 saturated heterocycles. The minimum absolute atomic E-state index is 0.0485. The minimum atomic E-state index is 0.0485. The minimum Gasteiger partial charge on any atom is -0.361 e. The van der Waals surface area contributed by atoms with Gasteiger partial charge in [0.2, 0.25) is 0 Å². The van der Waals surface area contributed by atoms with Crippen molar-refractivity contribution in [3.8, 4) is 22.6 Å². The molecule has 4 aromatic rings. The number of aromatic nitrogens is 4. The maximum Gasteiger partial charge on any atom is 0.161 e. The van der Waals surface area contributed by atoms with Crippen LogP contribution in [0.2, 0.25) is 0 Å². The van der Waals surface area contributed by atoms with E-state index < -0.39 is 0 Å². The summed E-state index contributed by atoms with van der Waals surface area (Å²) < 4.78 is 0. The first-order chi connectivity index (χ1) is 13.7. The van der Waals surface area contributed by atoms with E-state index in [-0.39, 0.29) is 6.04 Å². The van der Waals surface area contributed by atoms with Crippen molar-refractivity contribution < 1.29 is 0 Å². The van der Waals surface area contributed by atoms with Crippen molar-refractivity contribution in [2.24, 2.45) is 0 Å². The van der Waals surface area contributed by atoms with Gasteiger partial charge in [-0.2, -0.15) is 0 Å². The molecule has 0 bridgehead atoms. The molecular weight excluding hydrogens is 366 g/mol. The molecule has 28 heavy (non-hydrogen) atoms. The number of hydrogen-bond donors (Lipinski definition) is 1. The van der Waals surface area contributed by atoms with E-state index in [1.807, 2.05) is 36.4 Å². The molecule has 140 valence electrons. The van der Waals surface area contributed by atoms with Crippen LogP contribution in [-0.4, -0.2) is 19.9 Å². The molecule has 1 unspecified atom stereocenters. The van der Waals surface area contributed by atoms with Crippen molar-refractivity contribution in [2.75, 3.05) is 5.32 Å². The fourth-order valence-electron chi connectivity index (χ4n) is 2.89. The van der Waals surface area contributed by atoms with Gasteiger partial charge in [0.1, 0.15) is 10.8 Å². The van der Waals surface area contributed by atoms with E-state index in [4.69, 9.17) is 9.97 Å². The van der Waals surface area contributed by atoms with Gasteiger partial charge < -0.3 is 5.32 Å². The molecule has 3 heterocycles. The zero-order valence-corrected chi connectivity index (χ0v) is 16.6. The van der Waals surface area contributed by atoms with Crippen LogP contribution in [0.25, 0.3) is 22.6 Å². The summed E-state index contributed by atoms with van der Waals surface area (Å²) in [4.78, 5) is 18.2. The van der Waals surface area contributed by atoms with Gasteiger partial charge in [0.15, 0.2) is 5.82 Å². The highest BCUT2D eigenvalue weighted by atomic mass is 32.1. The molecule has 0 amide bonds. The van der Waals surface area contributed by atoms with Gasteiger partial charge in [-0.25, -0.2) is 15.0 Å². The lowest BCUT2D eigenvalue weighted by Gasteiger charge is -2.14. The Hall–Kier alpha value is -3.12. The highest BCUT2D eigenvalue weighted by molar-refractivity contribution is 7.10. The van der Waals surface area contributed by atoms with Gasteiger partial charge in [-0.05, 0) is 25.5 Å². The van der Waals surface area contributed by atoms with Crippen LogP contribution in [-0.2, 0) is 6.42 Å². The normalized spacial score (nSPS) is 11.9. The Morgan fingerprint density at radius 2 is 1.75 bits per heavy atom. The van der Waals surface area contributed by atoms with Crippen molar-refractivity contribution in [3.63, 3.8) is 0 Å². The molecular formula is C22H21N5S. The van der Waals surface area contributed by atoms with E-state index in [0.717, 1.165) is 39.8 Å². The van der Waals surface area contributed by atoms with Gasteiger partial charge in [-0.3, -0.25) is 4.98 Å². The Labute approximate surface area is 168 Å². The third kappa shape index (κ3) is 4.07. The Morgan fingerprint density at radius 1 is 0.964 bits per heavy atom. The topological polar surface area (TPSA) is 63.6 Å². The predicted octanol–water partition coefficient (Wildman–Crippen LogP) is 5.40. The third-order valence-corrected chi connectivity index (χ3v) is 5.43. The number of aryl methyl sites for hydroxylation is 1. The quantitative estimate of drug-likeness (QED) is 0.480. The standard InChI is InChI=1S/C22H21N5S/c1-3-18-13-20(27-21(25-18)17-9-11-23-12-10-17)24-15(2)22-26-19(14-28-22)16-7-5-4-6-8-16/h4-15H,3H2,1-2H3,(H,24,25,27). The summed E-state index contributed by atoms with van der Waals surface area (Å²) in [5, 5.41) is 6.62. The van der Waals surface area contributed by atoms with Crippen LogP contribution >= 0.6 is 11.3 Å². The van der Waals surface area contributed by atoms with Gasteiger partial charge in [0.05, 0.1) is 11.7 Å². The van der Waals surface area contributed by atoms with E-state index in [0.29, 0.717) is 5.82 Å². The first-order valence-electron chi connectivity index (χ1n) is 9.28. The number of anilines is 1. The second-order valence-corrected chi connectivity index (χ2v) is 7.35. The molecule has 4 rings (SSSR count). The fourth-order valence-corrected chi connectivity index (χ4v) is 3.73. The molecule has 0 spiro atoms. The molecule has 0 aliphatic carbocycles. The number of thiazole rings is 1. The molecule has 0 aliphatic heterocycles. The monoisotopic (exact) mass is 387 g/mol. The summed E-state index contributed by atoms with van der Waals surface area (Å²) in [6.07, 6.45) is 4.36. The lowest BCUT2D eigenvalue weighted by Crippen LogP contribution is -2.09. The molecule has 0 radical (unpaired) electrons. The molecule has 5 nitrogen and oxygen atoms in total. The Balaban J connectivity index is 1.58. The maximum atomic E-state index is 4.80. The highest BCUT2D eigenvalue weighted by Gasteiger charge is 2.14. The average molecular weight is 388 g/mol. The smallest absolute Gasteiger partial charge is 0.161 e. The van der Waals surface area contributed by atoms with E-state index in [9.17, 15) is 0 Å². The lowest BCUT2D eigenvalue weighted by atomic mass is 10.2. The van der Waals surface area contributed by atoms with Gasteiger partial charge in [0, 0.05) is 40.7 Å². The number of benzene rings is 1. The van der Waals surface area contributed by atoms with Crippen LogP contribution in [0.1, 0.15) is 30.6 Å². The summed E-state index contributed by atoms with van der Waals surface area (Å²) in [7, 11) is 0. The van der Waals surface area contributed by atoms with Crippen LogP contribution in [0, 0.1) is 0 Å². The van der Waals surface area contributed by atoms with Crippen molar-refractivity contribution in [2.45, 2.75) is 26.3 Å². The Kier molecular flexibility index (Phi) is 5.39. The number of pyridine rings is 1. The average Bonchev–Trinajstić information content (AvgIpc) is 3.25. The molecule has 6 heteroatoms. The van der Waals surface area contributed by atoms with E-state index in [2.05, 4.69) is 46.6 Å². The van der Waals surface area contributed by atoms with Gasteiger partial charge in [-0.15, -0.1) is 11.3 Å². The maximum absolute atomic E-state index is 4.80. The van der Waals surface area contributed by atoms with Crippen molar-refractivity contribution in [1.82, 2.24) is 19.9 Å². The van der Waals surface area contributed by atoms with E-state index in [1.165, 1.54) is 0 Å². The molecule has 0 aliphatic rings. The zero-order chi connectivity index (χ0) is 19.3. The van der Waals surface area contributed by atoms with E-state index >= 15 is 0 Å². The fraction of sp³-hybridized carbons (Fsp3) is 0.182. The summed E-state index contributed by atoms with van der Waals surface area (Å²) in [5.41, 5.74) is 4.10. The molecule has 1 aromatic carbocycles. The zero-order valence-electron chi connectivity index (χ0n) is 15.8. The van der Waals surface area contributed by atoms with Gasteiger partial charge in [0.25, 0.3) is 0 Å². The van der Waals surface area contributed by atoms with Crippen LogP contribution in [0.15, 0.2) is 66.3 Å². The second kappa shape index (κ2) is 8.27. The summed E-state index contributed by atoms with van der Waals surface area (Å²) >= 11 is 1.66. The van der Waals surface area contributed by atoms with Crippen molar-refractivity contribution >= 4 is 17.2 Å². The molecule has 1 N–H and O–H groups in total. The van der Waals surface area contributed by atoms with Crippen molar-refractivity contribution in [3.05, 3.63) is 77.0 Å². The second-order valence-electron chi connectivity index (χ2n) is 6.46. The third-order valence-electron chi connectivity index (χ3n) is 4.41. The number of rotatable bonds is 6. The number of nitrogens with one attached hydrogen (secondary N) is 1. The van der Waals surface area contributed by atoms with Gasteiger partial charge in [-0.1, -0.05) is 37.3 Å². The van der Waals surface area contributed by atoms with E-state index in [1.54, 1.807) is 23.7 Å². The van der Waals surface area contributed by atoms with Gasteiger partial charge >= 0.3 is 0 Å². The summed E-state index contributed by atoms with van der Waals surface area (Å²) in [6, 6.07) is 16.1. The predicted molar refractivity (Wildman–Crippen MR) is 114 cm³/mol. The number of nitrogens with zero attached hydrogens (tertiary/aromatic N) is 4. The van der Waals surface area contributed by atoms with Crippen LogP contribution < -0.4 is 5.32 Å². The molecule has 0 fully saturated rings. The first-order valence-corrected chi connectivity index (χ1v) is 10.2. The SMILES string of the molecule is CCc1cc(NC(C)c2nc(-c3ccccc3)cs2)nc(-c2ccncc2)n1. The summed E-state index contributed by atoms with van der Waals surface area (Å²) in [5.74, 6) is 1.52. The first kappa shape index (κ1) is 18.3. The lowest BCUT2D eigenvalue weighted by molar-refractivity contribution is 0.856. The van der Waals surface area contributed by atoms with Crippen molar-refractivity contribution in [1.29, 1.82) is 0 Å².